The van der Waals surface area contributed by atoms with E-state index in [2.05, 4.69) is 20.6 Å². The summed E-state index contributed by atoms with van der Waals surface area (Å²) in [7, 11) is 0. The van der Waals surface area contributed by atoms with Crippen LogP contribution in [0.15, 0.2) is 54.9 Å². The van der Waals surface area contributed by atoms with Crippen LogP contribution in [0.1, 0.15) is 17.3 Å². The predicted octanol–water partition coefficient (Wildman–Crippen LogP) is 3.12. The van der Waals surface area contributed by atoms with Crippen molar-refractivity contribution in [3.8, 4) is 0 Å². The van der Waals surface area contributed by atoms with E-state index < -0.39 is 0 Å². The summed E-state index contributed by atoms with van der Waals surface area (Å²) < 4.78 is 0. The number of carbonyl (C=O) groups is 1. The normalized spacial score (nSPS) is 10.4. The van der Waals surface area contributed by atoms with Crippen LogP contribution in [0.2, 0.25) is 0 Å². The number of aromatic nitrogens is 2. The van der Waals surface area contributed by atoms with Gasteiger partial charge < -0.3 is 10.6 Å². The van der Waals surface area contributed by atoms with Gasteiger partial charge in [0.25, 0.3) is 5.91 Å². The molecule has 0 spiro atoms. The predicted molar refractivity (Wildman–Crippen MR) is 87.3 cm³/mol. The number of amides is 1. The number of nitrogens with one attached hydrogen (secondary N) is 2. The van der Waals surface area contributed by atoms with E-state index in [9.17, 15) is 4.79 Å². The molecule has 0 aliphatic heterocycles. The zero-order valence-corrected chi connectivity index (χ0v) is 12.2. The Morgan fingerprint density at radius 3 is 2.82 bits per heavy atom. The van der Waals surface area contributed by atoms with Crippen molar-refractivity contribution in [1.82, 2.24) is 15.3 Å². The number of carbonyl (C=O) groups excluding carboxylic acids is 1. The van der Waals surface area contributed by atoms with Gasteiger partial charge in [-0.3, -0.25) is 4.79 Å². The lowest BCUT2D eigenvalue weighted by atomic mass is 10.1. The Morgan fingerprint density at radius 1 is 1.09 bits per heavy atom. The van der Waals surface area contributed by atoms with Crippen LogP contribution in [0.5, 0.6) is 0 Å². The van der Waals surface area contributed by atoms with Crippen molar-refractivity contribution >= 4 is 28.3 Å². The Bertz CT molecular complexity index is 811. The van der Waals surface area contributed by atoms with Crippen molar-refractivity contribution in [2.45, 2.75) is 6.92 Å². The van der Waals surface area contributed by atoms with Gasteiger partial charge in [0, 0.05) is 23.2 Å². The number of rotatable bonds is 4. The molecule has 110 valence electrons. The molecule has 22 heavy (non-hydrogen) atoms. The molecule has 0 aliphatic rings. The monoisotopic (exact) mass is 292 g/mol. The van der Waals surface area contributed by atoms with Gasteiger partial charge in [-0.2, -0.15) is 0 Å². The Morgan fingerprint density at radius 2 is 1.95 bits per heavy atom. The fourth-order valence-electron chi connectivity index (χ4n) is 2.24. The SMILES string of the molecule is CCNC(=O)c1cccc(Nc2ncnc3ccccc23)c1. The highest BCUT2D eigenvalue weighted by atomic mass is 16.1. The summed E-state index contributed by atoms with van der Waals surface area (Å²) in [6.07, 6.45) is 1.53. The second-order valence-corrected chi connectivity index (χ2v) is 4.80. The number of hydrogen-bond donors (Lipinski definition) is 2. The Balaban J connectivity index is 1.92. The minimum absolute atomic E-state index is 0.0845. The van der Waals surface area contributed by atoms with E-state index in [0.717, 1.165) is 22.4 Å². The van der Waals surface area contributed by atoms with E-state index in [4.69, 9.17) is 0 Å². The first-order chi connectivity index (χ1) is 10.8. The minimum Gasteiger partial charge on any atom is -0.352 e. The highest BCUT2D eigenvalue weighted by molar-refractivity contribution is 5.96. The fourth-order valence-corrected chi connectivity index (χ4v) is 2.24. The zero-order chi connectivity index (χ0) is 15.4. The van der Waals surface area contributed by atoms with Gasteiger partial charge in [0.2, 0.25) is 0 Å². The van der Waals surface area contributed by atoms with Crippen molar-refractivity contribution in [1.29, 1.82) is 0 Å². The lowest BCUT2D eigenvalue weighted by Crippen LogP contribution is -2.22. The number of benzene rings is 2. The zero-order valence-electron chi connectivity index (χ0n) is 12.2. The van der Waals surface area contributed by atoms with Crippen LogP contribution in [0.3, 0.4) is 0 Å². The van der Waals surface area contributed by atoms with E-state index in [0.29, 0.717) is 12.1 Å². The van der Waals surface area contributed by atoms with Crippen molar-refractivity contribution in [3.63, 3.8) is 0 Å². The third-order valence-corrected chi connectivity index (χ3v) is 3.27. The molecule has 3 aromatic rings. The molecule has 0 aliphatic carbocycles. The Labute approximate surface area is 128 Å². The van der Waals surface area contributed by atoms with Crippen molar-refractivity contribution in [2.75, 3.05) is 11.9 Å². The lowest BCUT2D eigenvalue weighted by molar-refractivity contribution is 0.0956. The second-order valence-electron chi connectivity index (χ2n) is 4.80. The molecule has 1 heterocycles. The minimum atomic E-state index is -0.0845. The summed E-state index contributed by atoms with van der Waals surface area (Å²) in [6, 6.07) is 15.1. The molecule has 2 aromatic carbocycles. The average molecular weight is 292 g/mol. The molecule has 1 amide bonds. The standard InChI is InChI=1S/C17H16N4O/c1-2-18-17(22)12-6-5-7-13(10-12)21-16-14-8-3-4-9-15(14)19-11-20-16/h3-11H,2H2,1H3,(H,18,22)(H,19,20,21). The van der Waals surface area contributed by atoms with Gasteiger partial charge in [0.05, 0.1) is 5.52 Å². The number of anilines is 2. The summed E-state index contributed by atoms with van der Waals surface area (Å²) in [6.45, 7) is 2.50. The summed E-state index contributed by atoms with van der Waals surface area (Å²) in [5, 5.41) is 6.98. The molecule has 0 unspecified atom stereocenters. The molecule has 2 N–H and O–H groups in total. The molecule has 5 nitrogen and oxygen atoms in total. The van der Waals surface area contributed by atoms with Gasteiger partial charge in [-0.1, -0.05) is 18.2 Å². The van der Waals surface area contributed by atoms with Crippen LogP contribution < -0.4 is 10.6 Å². The smallest absolute Gasteiger partial charge is 0.251 e. The topological polar surface area (TPSA) is 66.9 Å². The van der Waals surface area contributed by atoms with E-state index >= 15 is 0 Å². The second kappa shape index (κ2) is 6.22. The highest BCUT2D eigenvalue weighted by Gasteiger charge is 2.07. The third-order valence-electron chi connectivity index (χ3n) is 3.27. The van der Waals surface area contributed by atoms with Gasteiger partial charge in [0.15, 0.2) is 0 Å². The van der Waals surface area contributed by atoms with Crippen LogP contribution in [0, 0.1) is 0 Å². The summed E-state index contributed by atoms with van der Waals surface area (Å²) in [5.41, 5.74) is 2.30. The lowest BCUT2D eigenvalue weighted by Gasteiger charge is -2.09. The molecular weight excluding hydrogens is 276 g/mol. The van der Waals surface area contributed by atoms with Gasteiger partial charge in [0.1, 0.15) is 12.1 Å². The first-order valence-electron chi connectivity index (χ1n) is 7.13. The molecule has 0 bridgehead atoms. The van der Waals surface area contributed by atoms with E-state index in [-0.39, 0.29) is 5.91 Å². The molecule has 0 saturated heterocycles. The van der Waals surface area contributed by atoms with Crippen LogP contribution in [0.25, 0.3) is 10.9 Å². The molecule has 1 aromatic heterocycles. The van der Waals surface area contributed by atoms with Gasteiger partial charge in [-0.05, 0) is 37.3 Å². The maximum atomic E-state index is 11.9. The van der Waals surface area contributed by atoms with E-state index in [1.165, 1.54) is 6.33 Å². The molecule has 0 atom stereocenters. The molecule has 3 rings (SSSR count). The molecule has 0 fully saturated rings. The quantitative estimate of drug-likeness (QED) is 0.775. The Hall–Kier alpha value is -2.95. The molecule has 0 saturated carbocycles. The maximum absolute atomic E-state index is 11.9. The molecular formula is C17H16N4O. The van der Waals surface area contributed by atoms with Crippen LogP contribution in [-0.2, 0) is 0 Å². The first kappa shape index (κ1) is 14.0. The molecule has 0 radical (unpaired) electrons. The Kier molecular flexibility index (Phi) is 3.96. The summed E-state index contributed by atoms with van der Waals surface area (Å²) in [4.78, 5) is 20.4. The number of hydrogen-bond acceptors (Lipinski definition) is 4. The van der Waals surface area contributed by atoms with Crippen molar-refractivity contribution in [2.24, 2.45) is 0 Å². The summed E-state index contributed by atoms with van der Waals surface area (Å²) in [5.74, 6) is 0.636. The highest BCUT2D eigenvalue weighted by Crippen LogP contribution is 2.23. The van der Waals surface area contributed by atoms with Gasteiger partial charge in [-0.15, -0.1) is 0 Å². The van der Waals surface area contributed by atoms with Crippen molar-refractivity contribution < 1.29 is 4.79 Å². The fraction of sp³-hybridized carbons (Fsp3) is 0.118. The van der Waals surface area contributed by atoms with E-state index in [1.54, 1.807) is 6.07 Å². The molecule has 5 heteroatoms. The average Bonchev–Trinajstić information content (AvgIpc) is 2.56. The number of para-hydroxylation sites is 1. The van der Waals surface area contributed by atoms with Gasteiger partial charge >= 0.3 is 0 Å². The third kappa shape index (κ3) is 2.88. The number of nitrogens with zero attached hydrogens (tertiary/aromatic N) is 2. The maximum Gasteiger partial charge on any atom is 0.251 e. The first-order valence-corrected chi connectivity index (χ1v) is 7.13. The van der Waals surface area contributed by atoms with Crippen LogP contribution >= 0.6 is 0 Å². The number of fused-ring (bicyclic) bond motifs is 1. The largest absolute Gasteiger partial charge is 0.352 e. The van der Waals surface area contributed by atoms with Crippen LogP contribution in [0.4, 0.5) is 11.5 Å². The van der Waals surface area contributed by atoms with Gasteiger partial charge in [-0.25, -0.2) is 9.97 Å². The summed E-state index contributed by atoms with van der Waals surface area (Å²) >= 11 is 0. The van der Waals surface area contributed by atoms with E-state index in [1.807, 2.05) is 49.4 Å². The van der Waals surface area contributed by atoms with Crippen molar-refractivity contribution in [3.05, 3.63) is 60.4 Å². The van der Waals surface area contributed by atoms with Crippen LogP contribution in [-0.4, -0.2) is 22.4 Å².